The lowest BCUT2D eigenvalue weighted by Crippen LogP contribution is -2.50. The number of nitrogens with zero attached hydrogens (tertiary/aromatic N) is 1. The van der Waals surface area contributed by atoms with Crippen LogP contribution < -0.4 is 11.1 Å². The lowest BCUT2D eigenvalue weighted by molar-refractivity contribution is -0.128. The third-order valence-electron chi connectivity index (χ3n) is 6.28. The van der Waals surface area contributed by atoms with E-state index >= 15 is 0 Å². The predicted molar refractivity (Wildman–Crippen MR) is 82.8 cm³/mol. The van der Waals surface area contributed by atoms with E-state index in [1.165, 1.54) is 19.3 Å². The van der Waals surface area contributed by atoms with Crippen LogP contribution in [0.4, 0.5) is 0 Å². The van der Waals surface area contributed by atoms with Crippen molar-refractivity contribution in [3.8, 4) is 0 Å². The lowest BCUT2D eigenvalue weighted by atomic mass is 9.65. The van der Waals surface area contributed by atoms with E-state index in [0.29, 0.717) is 36.9 Å². The summed E-state index contributed by atoms with van der Waals surface area (Å²) in [7, 11) is 0. The van der Waals surface area contributed by atoms with Gasteiger partial charge in [-0.15, -0.1) is 0 Å². The van der Waals surface area contributed by atoms with E-state index in [9.17, 15) is 9.59 Å². The van der Waals surface area contributed by atoms with Crippen molar-refractivity contribution in [3.05, 3.63) is 0 Å². The van der Waals surface area contributed by atoms with Crippen molar-refractivity contribution >= 4 is 11.8 Å². The Balaban J connectivity index is 1.34. The number of amides is 2. The van der Waals surface area contributed by atoms with Gasteiger partial charge in [0.05, 0.1) is 6.04 Å². The number of carbonyl (C=O) groups is 2. The summed E-state index contributed by atoms with van der Waals surface area (Å²) in [6.07, 6.45) is 8.27. The molecule has 1 heterocycles. The molecule has 0 radical (unpaired) electrons. The first kappa shape index (κ1) is 14.5. The summed E-state index contributed by atoms with van der Waals surface area (Å²) in [5.41, 5.74) is 6.30. The molecule has 1 saturated heterocycles. The van der Waals surface area contributed by atoms with E-state index in [2.05, 4.69) is 5.32 Å². The van der Waals surface area contributed by atoms with Crippen LogP contribution in [-0.4, -0.2) is 41.4 Å². The van der Waals surface area contributed by atoms with Gasteiger partial charge >= 0.3 is 0 Å². The Morgan fingerprint density at radius 2 is 1.82 bits per heavy atom. The summed E-state index contributed by atoms with van der Waals surface area (Å²) in [5.74, 6) is 1.54. The molecule has 4 fully saturated rings. The maximum Gasteiger partial charge on any atom is 0.225 e. The molecule has 0 spiro atoms. The molecule has 22 heavy (non-hydrogen) atoms. The van der Waals surface area contributed by atoms with E-state index in [0.717, 1.165) is 25.7 Å². The van der Waals surface area contributed by atoms with Gasteiger partial charge in [-0.2, -0.15) is 0 Å². The molecule has 3 unspecified atom stereocenters. The Kier molecular flexibility index (Phi) is 3.63. The van der Waals surface area contributed by atoms with Crippen LogP contribution in [0.3, 0.4) is 0 Å². The summed E-state index contributed by atoms with van der Waals surface area (Å²) >= 11 is 0. The maximum absolute atomic E-state index is 12.6. The second-order valence-corrected chi connectivity index (χ2v) is 7.88. The van der Waals surface area contributed by atoms with Gasteiger partial charge in [0.25, 0.3) is 0 Å². The molecule has 122 valence electrons. The van der Waals surface area contributed by atoms with Gasteiger partial charge in [0.1, 0.15) is 0 Å². The van der Waals surface area contributed by atoms with Crippen LogP contribution in [0.1, 0.15) is 51.4 Å². The first-order chi connectivity index (χ1) is 10.6. The number of carbonyl (C=O) groups excluding carboxylic acids is 2. The van der Waals surface area contributed by atoms with Gasteiger partial charge in [-0.25, -0.2) is 0 Å². The summed E-state index contributed by atoms with van der Waals surface area (Å²) in [6, 6.07) is 0.786. The molecule has 0 aromatic rings. The molecule has 2 bridgehead atoms. The lowest BCUT2D eigenvalue weighted by Gasteiger charge is -2.43. The zero-order valence-electron chi connectivity index (χ0n) is 13.2. The second-order valence-electron chi connectivity index (χ2n) is 7.88. The molecule has 1 aliphatic heterocycles. The minimum atomic E-state index is 0.0241. The Morgan fingerprint density at radius 3 is 2.45 bits per heavy atom. The smallest absolute Gasteiger partial charge is 0.225 e. The monoisotopic (exact) mass is 305 g/mol. The van der Waals surface area contributed by atoms with Crippen LogP contribution in [0.2, 0.25) is 0 Å². The van der Waals surface area contributed by atoms with E-state index in [-0.39, 0.29) is 23.8 Å². The van der Waals surface area contributed by atoms with Gasteiger partial charge in [0, 0.05) is 31.0 Å². The van der Waals surface area contributed by atoms with E-state index < -0.39 is 0 Å². The highest BCUT2D eigenvalue weighted by atomic mass is 16.2. The summed E-state index contributed by atoms with van der Waals surface area (Å²) in [4.78, 5) is 26.6. The molecule has 3 aliphatic carbocycles. The standard InChI is InChI=1S/C17H27N3O2/c18-16-10-2-1-3-11(16)7-12(6-10)17(22)19-13-8-15(21)20(9-13)14-4-5-14/h10-14,16H,1-9,18H2,(H,19,22). The van der Waals surface area contributed by atoms with Gasteiger partial charge in [0.15, 0.2) is 0 Å². The van der Waals surface area contributed by atoms with Gasteiger partial charge in [-0.05, 0) is 50.4 Å². The van der Waals surface area contributed by atoms with Gasteiger partial charge < -0.3 is 16.0 Å². The Morgan fingerprint density at radius 1 is 1.14 bits per heavy atom. The van der Waals surface area contributed by atoms with Crippen molar-refractivity contribution in [1.82, 2.24) is 10.2 Å². The van der Waals surface area contributed by atoms with E-state index in [4.69, 9.17) is 5.73 Å². The van der Waals surface area contributed by atoms with Crippen molar-refractivity contribution in [1.29, 1.82) is 0 Å². The third kappa shape index (κ3) is 2.64. The Bertz CT molecular complexity index is 463. The zero-order chi connectivity index (χ0) is 15.3. The SMILES string of the molecule is NC1C2CCCC1CC(C(=O)NC1CC(=O)N(C3CC3)C1)C2. The second kappa shape index (κ2) is 5.52. The maximum atomic E-state index is 12.6. The number of hydrogen-bond donors (Lipinski definition) is 2. The quantitative estimate of drug-likeness (QED) is 0.817. The number of rotatable bonds is 3. The topological polar surface area (TPSA) is 75.4 Å². The van der Waals surface area contributed by atoms with Crippen LogP contribution >= 0.6 is 0 Å². The third-order valence-corrected chi connectivity index (χ3v) is 6.28. The molecule has 3 saturated carbocycles. The average molecular weight is 305 g/mol. The van der Waals surface area contributed by atoms with Gasteiger partial charge in [0.2, 0.25) is 11.8 Å². The number of likely N-dealkylation sites (tertiary alicyclic amines) is 1. The molecular weight excluding hydrogens is 278 g/mol. The van der Waals surface area contributed by atoms with Crippen LogP contribution in [0.5, 0.6) is 0 Å². The summed E-state index contributed by atoms with van der Waals surface area (Å²) in [5, 5.41) is 3.15. The average Bonchev–Trinajstić information content (AvgIpc) is 3.23. The fraction of sp³-hybridized carbons (Fsp3) is 0.882. The summed E-state index contributed by atoms with van der Waals surface area (Å²) in [6.45, 7) is 0.717. The van der Waals surface area contributed by atoms with E-state index in [1.807, 2.05) is 4.90 Å². The predicted octanol–water partition coefficient (Wildman–Crippen LogP) is 1.02. The van der Waals surface area contributed by atoms with Crippen molar-refractivity contribution in [2.24, 2.45) is 23.5 Å². The van der Waals surface area contributed by atoms with Crippen molar-refractivity contribution < 1.29 is 9.59 Å². The molecule has 5 nitrogen and oxygen atoms in total. The molecule has 0 aromatic carbocycles. The van der Waals surface area contributed by atoms with Crippen LogP contribution in [0, 0.1) is 17.8 Å². The molecule has 2 amide bonds. The minimum absolute atomic E-state index is 0.0241. The largest absolute Gasteiger partial charge is 0.351 e. The Labute approximate surface area is 132 Å². The van der Waals surface area contributed by atoms with Crippen molar-refractivity contribution in [2.45, 2.75) is 69.5 Å². The fourth-order valence-corrected chi connectivity index (χ4v) is 4.89. The molecular formula is C17H27N3O2. The number of nitrogens with one attached hydrogen (secondary N) is 1. The first-order valence-corrected chi connectivity index (χ1v) is 8.97. The van der Waals surface area contributed by atoms with Gasteiger partial charge in [-0.3, -0.25) is 9.59 Å². The van der Waals surface area contributed by atoms with Crippen molar-refractivity contribution in [2.75, 3.05) is 6.54 Å². The molecule has 3 N–H and O–H groups in total. The molecule has 0 aromatic heterocycles. The molecule has 4 aliphatic rings. The number of fused-ring (bicyclic) bond motifs is 2. The van der Waals surface area contributed by atoms with Gasteiger partial charge in [-0.1, -0.05) is 6.42 Å². The highest BCUT2D eigenvalue weighted by Crippen LogP contribution is 2.42. The molecule has 5 heteroatoms. The Hall–Kier alpha value is -1.10. The van der Waals surface area contributed by atoms with Crippen LogP contribution in [0.25, 0.3) is 0 Å². The zero-order valence-corrected chi connectivity index (χ0v) is 13.2. The normalized spacial score (nSPS) is 41.6. The van der Waals surface area contributed by atoms with Crippen LogP contribution in [-0.2, 0) is 9.59 Å². The first-order valence-electron chi connectivity index (χ1n) is 8.97. The van der Waals surface area contributed by atoms with E-state index in [1.54, 1.807) is 0 Å². The minimum Gasteiger partial charge on any atom is -0.351 e. The summed E-state index contributed by atoms with van der Waals surface area (Å²) < 4.78 is 0. The highest BCUT2D eigenvalue weighted by molar-refractivity contribution is 5.83. The number of nitrogens with two attached hydrogens (primary N) is 1. The van der Waals surface area contributed by atoms with Crippen LogP contribution in [0.15, 0.2) is 0 Å². The highest BCUT2D eigenvalue weighted by Gasteiger charge is 2.43. The molecule has 4 rings (SSSR count). The van der Waals surface area contributed by atoms with Crippen molar-refractivity contribution in [3.63, 3.8) is 0 Å². The molecule has 3 atom stereocenters. The fourth-order valence-electron chi connectivity index (χ4n) is 4.89. The number of hydrogen-bond acceptors (Lipinski definition) is 3.